The van der Waals surface area contributed by atoms with Gasteiger partial charge in [0.15, 0.2) is 17.1 Å². The van der Waals surface area contributed by atoms with Gasteiger partial charge in [-0.25, -0.2) is 9.97 Å². The van der Waals surface area contributed by atoms with Crippen molar-refractivity contribution in [3.8, 4) is 45.4 Å². The monoisotopic (exact) mass is 517 g/mol. The minimum Gasteiger partial charge on any atom is -0.356 e. The Morgan fingerprint density at radius 3 is 1.43 bits per heavy atom. The van der Waals surface area contributed by atoms with Gasteiger partial charge in [0.1, 0.15) is 17.3 Å². The van der Waals surface area contributed by atoms with Crippen LogP contribution in [0.3, 0.4) is 0 Å². The highest BCUT2D eigenvalue weighted by atomic mass is 19.4. The molecule has 0 spiro atoms. The first-order valence-electron chi connectivity index (χ1n) is 10.8. The van der Waals surface area contributed by atoms with E-state index in [-0.39, 0.29) is 11.6 Å². The van der Waals surface area contributed by atoms with E-state index in [1.54, 1.807) is 54.6 Å². The molecule has 0 N–H and O–H groups in total. The second kappa shape index (κ2) is 8.64. The zero-order chi connectivity index (χ0) is 26.5. The van der Waals surface area contributed by atoms with Crippen molar-refractivity contribution in [2.45, 2.75) is 12.4 Å². The van der Waals surface area contributed by atoms with Crippen LogP contribution < -0.4 is 0 Å². The maximum absolute atomic E-state index is 13.0. The van der Waals surface area contributed by atoms with Crippen LogP contribution in [0.5, 0.6) is 0 Å². The third-order valence-electron chi connectivity index (χ3n) is 5.71. The highest BCUT2D eigenvalue weighted by Crippen LogP contribution is 2.33. The smallest absolute Gasteiger partial charge is 0.356 e. The normalized spacial score (nSPS) is 12.3. The van der Waals surface area contributed by atoms with Gasteiger partial charge >= 0.3 is 12.4 Å². The van der Waals surface area contributed by atoms with Gasteiger partial charge in [-0.3, -0.25) is 0 Å². The number of rotatable bonds is 4. The molecule has 0 saturated heterocycles. The van der Waals surface area contributed by atoms with Crippen LogP contribution in [0.2, 0.25) is 0 Å². The van der Waals surface area contributed by atoms with Gasteiger partial charge in [0.25, 0.3) is 0 Å². The zero-order valence-corrected chi connectivity index (χ0v) is 19.3. The molecule has 0 aliphatic carbocycles. The van der Waals surface area contributed by atoms with E-state index in [1.165, 1.54) is 23.2 Å². The Morgan fingerprint density at radius 1 is 0.622 bits per heavy atom. The summed E-state index contributed by atoms with van der Waals surface area (Å²) in [6, 6.07) is 15.0. The molecular weight excluding hydrogens is 500 g/mol. The number of aryl methyl sites for hydroxylation is 2. The molecule has 3 heterocycles. The summed E-state index contributed by atoms with van der Waals surface area (Å²) in [5.74, 6) is 0.780. The molecule has 190 valence electrons. The maximum Gasteiger partial charge on any atom is 0.434 e. The number of imidazole rings is 2. The molecule has 0 saturated carbocycles. The van der Waals surface area contributed by atoms with Gasteiger partial charge in [-0.15, -0.1) is 0 Å². The zero-order valence-electron chi connectivity index (χ0n) is 19.3. The van der Waals surface area contributed by atoms with Crippen molar-refractivity contribution in [1.29, 1.82) is 0 Å². The molecule has 5 rings (SSSR count). The summed E-state index contributed by atoms with van der Waals surface area (Å²) in [6.07, 6.45) is -7.20. The van der Waals surface area contributed by atoms with Crippen LogP contribution in [0.25, 0.3) is 45.4 Å². The number of nitrogens with zero attached hydrogens (tertiary/aromatic N) is 5. The molecule has 0 aliphatic heterocycles. The highest BCUT2D eigenvalue weighted by molar-refractivity contribution is 5.71. The van der Waals surface area contributed by atoms with Gasteiger partial charge in [-0.2, -0.15) is 26.3 Å². The van der Waals surface area contributed by atoms with E-state index in [1.807, 2.05) is 0 Å². The molecule has 0 bridgehead atoms. The lowest BCUT2D eigenvalue weighted by Gasteiger charge is -2.03. The molecule has 6 nitrogen and oxygen atoms in total. The first kappa shape index (κ1) is 24.3. The lowest BCUT2D eigenvalue weighted by atomic mass is 10.1. The van der Waals surface area contributed by atoms with E-state index >= 15 is 0 Å². The van der Waals surface area contributed by atoms with E-state index in [9.17, 15) is 26.3 Å². The Hall–Kier alpha value is -4.35. The molecule has 5 aromatic rings. The molecule has 12 heteroatoms. The van der Waals surface area contributed by atoms with Crippen LogP contribution in [-0.4, -0.2) is 24.3 Å². The van der Waals surface area contributed by atoms with Crippen molar-refractivity contribution in [3.63, 3.8) is 0 Å². The van der Waals surface area contributed by atoms with Gasteiger partial charge in [-0.1, -0.05) is 53.7 Å². The SMILES string of the molecule is Cn1cc(C(F)(F)F)nc1-c1ccc(-c2cc(-c3ccc(-c4nc(C(F)(F)F)cn4C)cc3)on2)cc1. The van der Waals surface area contributed by atoms with Gasteiger partial charge in [0.2, 0.25) is 0 Å². The third-order valence-corrected chi connectivity index (χ3v) is 5.71. The summed E-state index contributed by atoms with van der Waals surface area (Å²) in [5.41, 5.74) is 0.892. The standard InChI is InChI=1S/C25H17F6N5O/c1-35-12-20(24(26,27)28)32-22(35)16-7-3-14(4-8-16)18-11-19(37-34-18)15-5-9-17(10-6-15)23-33-21(13-36(23)2)25(29,30)31/h3-13H,1-2H3. The van der Waals surface area contributed by atoms with Gasteiger partial charge < -0.3 is 13.7 Å². The number of hydrogen-bond acceptors (Lipinski definition) is 4. The summed E-state index contributed by atoms with van der Waals surface area (Å²) < 4.78 is 85.8. The Balaban J connectivity index is 1.36. The van der Waals surface area contributed by atoms with Crippen LogP contribution >= 0.6 is 0 Å². The first-order chi connectivity index (χ1) is 17.4. The van der Waals surface area contributed by atoms with Crippen LogP contribution in [-0.2, 0) is 26.4 Å². The fourth-order valence-electron chi connectivity index (χ4n) is 3.86. The van der Waals surface area contributed by atoms with Crippen LogP contribution in [0.1, 0.15) is 11.4 Å². The lowest BCUT2D eigenvalue weighted by molar-refractivity contribution is -0.141. The number of halogens is 6. The molecule has 37 heavy (non-hydrogen) atoms. The van der Waals surface area contributed by atoms with E-state index < -0.39 is 23.7 Å². The summed E-state index contributed by atoms with van der Waals surface area (Å²) in [6.45, 7) is 0. The van der Waals surface area contributed by atoms with Crippen molar-refractivity contribution in [3.05, 3.63) is 78.4 Å². The van der Waals surface area contributed by atoms with Crippen LogP contribution in [0.15, 0.2) is 71.5 Å². The molecule has 2 aromatic carbocycles. The minimum absolute atomic E-state index is 0.173. The number of alkyl halides is 6. The average Bonchev–Trinajstić information content (AvgIpc) is 3.57. The number of hydrogen-bond donors (Lipinski definition) is 0. The summed E-state index contributed by atoms with van der Waals surface area (Å²) in [4.78, 5) is 7.37. The van der Waals surface area contributed by atoms with Crippen molar-refractivity contribution in [2.24, 2.45) is 14.1 Å². The highest BCUT2D eigenvalue weighted by Gasteiger charge is 2.35. The molecule has 0 fully saturated rings. The lowest BCUT2D eigenvalue weighted by Crippen LogP contribution is -2.04. The fraction of sp³-hybridized carbons (Fsp3) is 0.160. The molecule has 0 atom stereocenters. The van der Waals surface area contributed by atoms with Gasteiger partial charge in [0, 0.05) is 54.8 Å². The molecule has 0 amide bonds. The summed E-state index contributed by atoms with van der Waals surface area (Å²) >= 11 is 0. The first-order valence-corrected chi connectivity index (χ1v) is 10.8. The Labute approximate surface area is 205 Å². The topological polar surface area (TPSA) is 61.7 Å². The van der Waals surface area contributed by atoms with Crippen molar-refractivity contribution < 1.29 is 30.9 Å². The quantitative estimate of drug-likeness (QED) is 0.245. The van der Waals surface area contributed by atoms with Crippen molar-refractivity contribution >= 4 is 0 Å². The van der Waals surface area contributed by atoms with E-state index in [4.69, 9.17) is 4.52 Å². The Kier molecular flexibility index (Phi) is 5.69. The number of benzene rings is 2. The van der Waals surface area contributed by atoms with E-state index in [0.717, 1.165) is 12.4 Å². The molecule has 0 unspecified atom stereocenters. The van der Waals surface area contributed by atoms with Gasteiger partial charge in [-0.05, 0) is 0 Å². The van der Waals surface area contributed by atoms with Crippen molar-refractivity contribution in [1.82, 2.24) is 24.3 Å². The van der Waals surface area contributed by atoms with E-state index in [2.05, 4.69) is 15.1 Å². The number of aromatic nitrogens is 5. The van der Waals surface area contributed by atoms with E-state index in [0.29, 0.717) is 33.7 Å². The largest absolute Gasteiger partial charge is 0.434 e. The van der Waals surface area contributed by atoms with Gasteiger partial charge in [0.05, 0.1) is 0 Å². The van der Waals surface area contributed by atoms with Crippen LogP contribution in [0, 0.1) is 0 Å². The predicted molar refractivity (Wildman–Crippen MR) is 122 cm³/mol. The van der Waals surface area contributed by atoms with Crippen molar-refractivity contribution in [2.75, 3.05) is 0 Å². The second-order valence-electron chi connectivity index (χ2n) is 8.35. The molecule has 0 radical (unpaired) electrons. The average molecular weight is 517 g/mol. The minimum atomic E-state index is -4.53. The third kappa shape index (κ3) is 4.74. The Morgan fingerprint density at radius 2 is 1.03 bits per heavy atom. The molecular formula is C25H17F6N5O. The summed E-state index contributed by atoms with van der Waals surface area (Å²) in [5, 5.41) is 4.06. The Bertz CT molecular complexity index is 1440. The maximum atomic E-state index is 13.0. The molecule has 3 aromatic heterocycles. The molecule has 0 aliphatic rings. The predicted octanol–water partition coefficient (Wildman–Crippen LogP) is 6.85. The summed E-state index contributed by atoms with van der Waals surface area (Å²) in [7, 11) is 2.98. The fourth-order valence-corrected chi connectivity index (χ4v) is 3.86. The second-order valence-corrected chi connectivity index (χ2v) is 8.35. The van der Waals surface area contributed by atoms with Crippen LogP contribution in [0.4, 0.5) is 26.3 Å².